The van der Waals surface area contributed by atoms with Crippen LogP contribution in [0.2, 0.25) is 5.02 Å². The van der Waals surface area contributed by atoms with Gasteiger partial charge in [-0.1, -0.05) is 23.7 Å². The van der Waals surface area contributed by atoms with E-state index in [1.807, 2.05) is 0 Å². The van der Waals surface area contributed by atoms with Gasteiger partial charge in [0, 0.05) is 18.1 Å². The van der Waals surface area contributed by atoms with Crippen LogP contribution in [-0.2, 0) is 9.59 Å². The molecule has 0 N–H and O–H groups in total. The van der Waals surface area contributed by atoms with E-state index in [-0.39, 0.29) is 12.5 Å². The number of hydrogen-bond donors (Lipinski definition) is 0. The number of rotatable bonds is 3. The first-order valence-electron chi connectivity index (χ1n) is 7.83. The molecule has 0 atom stereocenters. The number of piperidine rings is 1. The van der Waals surface area contributed by atoms with Gasteiger partial charge in [0.25, 0.3) is 11.1 Å². The summed E-state index contributed by atoms with van der Waals surface area (Å²) in [4.78, 5) is 39.9. The zero-order valence-corrected chi connectivity index (χ0v) is 14.6. The van der Waals surface area contributed by atoms with Gasteiger partial charge in [-0.25, -0.2) is 0 Å². The summed E-state index contributed by atoms with van der Waals surface area (Å²) < 4.78 is 0. The third kappa shape index (κ3) is 3.82. The SMILES string of the molecule is O=C(CN1C(=O)S/C(=C/c2cccc(Cl)c2)C1=O)N1CCCCC1. The molecule has 126 valence electrons. The molecule has 2 aliphatic heterocycles. The smallest absolute Gasteiger partial charge is 0.294 e. The first-order valence-corrected chi connectivity index (χ1v) is 9.03. The summed E-state index contributed by atoms with van der Waals surface area (Å²) in [6, 6.07) is 7.04. The molecule has 5 nitrogen and oxygen atoms in total. The van der Waals surface area contributed by atoms with E-state index >= 15 is 0 Å². The molecule has 2 fully saturated rings. The highest BCUT2D eigenvalue weighted by molar-refractivity contribution is 8.18. The Labute approximate surface area is 149 Å². The minimum Gasteiger partial charge on any atom is -0.341 e. The third-order valence-corrected chi connectivity index (χ3v) is 5.16. The van der Waals surface area contributed by atoms with E-state index in [2.05, 4.69) is 0 Å². The topological polar surface area (TPSA) is 57.7 Å². The highest BCUT2D eigenvalue weighted by Crippen LogP contribution is 2.32. The maximum absolute atomic E-state index is 12.4. The third-order valence-electron chi connectivity index (χ3n) is 4.02. The van der Waals surface area contributed by atoms with Crippen LogP contribution in [0.4, 0.5) is 4.79 Å². The molecule has 0 aliphatic carbocycles. The zero-order valence-electron chi connectivity index (χ0n) is 13.0. The maximum Gasteiger partial charge on any atom is 0.294 e. The number of likely N-dealkylation sites (tertiary alicyclic amines) is 1. The number of imide groups is 1. The molecule has 0 spiro atoms. The molecule has 1 aromatic carbocycles. The van der Waals surface area contributed by atoms with Gasteiger partial charge in [-0.3, -0.25) is 19.3 Å². The predicted octanol–water partition coefficient (Wildman–Crippen LogP) is 3.39. The Hall–Kier alpha value is -1.79. The molecular weight excluding hydrogens is 348 g/mol. The Balaban J connectivity index is 1.71. The van der Waals surface area contributed by atoms with E-state index in [1.54, 1.807) is 35.2 Å². The van der Waals surface area contributed by atoms with Gasteiger partial charge in [0.15, 0.2) is 0 Å². The monoisotopic (exact) mass is 364 g/mol. The van der Waals surface area contributed by atoms with Crippen LogP contribution < -0.4 is 0 Å². The van der Waals surface area contributed by atoms with Gasteiger partial charge in [0.05, 0.1) is 4.91 Å². The molecule has 3 amide bonds. The fourth-order valence-electron chi connectivity index (χ4n) is 2.76. The van der Waals surface area contributed by atoms with Crippen LogP contribution in [0.25, 0.3) is 6.08 Å². The maximum atomic E-state index is 12.4. The van der Waals surface area contributed by atoms with Crippen LogP contribution in [0.1, 0.15) is 24.8 Å². The number of hydrogen-bond acceptors (Lipinski definition) is 4. The lowest BCUT2D eigenvalue weighted by Gasteiger charge is -2.27. The minimum atomic E-state index is -0.421. The number of carbonyl (C=O) groups is 3. The van der Waals surface area contributed by atoms with Crippen molar-refractivity contribution in [2.24, 2.45) is 0 Å². The van der Waals surface area contributed by atoms with Gasteiger partial charge in [0.2, 0.25) is 5.91 Å². The predicted molar refractivity (Wildman–Crippen MR) is 94.6 cm³/mol. The molecule has 3 rings (SSSR count). The molecule has 0 bridgehead atoms. The summed E-state index contributed by atoms with van der Waals surface area (Å²) in [6.07, 6.45) is 4.69. The second-order valence-corrected chi connectivity index (χ2v) is 7.19. The lowest BCUT2D eigenvalue weighted by molar-refractivity contribution is -0.136. The number of nitrogens with zero attached hydrogens (tertiary/aromatic N) is 2. The van der Waals surface area contributed by atoms with Crippen LogP contribution in [0.15, 0.2) is 29.2 Å². The van der Waals surface area contributed by atoms with Crippen molar-refractivity contribution in [2.45, 2.75) is 19.3 Å². The number of thioether (sulfide) groups is 1. The van der Waals surface area contributed by atoms with Gasteiger partial charge in [0.1, 0.15) is 6.54 Å². The van der Waals surface area contributed by atoms with Crippen molar-refractivity contribution in [2.75, 3.05) is 19.6 Å². The quantitative estimate of drug-likeness (QED) is 0.771. The van der Waals surface area contributed by atoms with Crippen molar-refractivity contribution < 1.29 is 14.4 Å². The van der Waals surface area contributed by atoms with Gasteiger partial charge >= 0.3 is 0 Å². The number of amides is 3. The molecule has 1 aromatic rings. The molecule has 2 heterocycles. The number of benzene rings is 1. The largest absolute Gasteiger partial charge is 0.341 e. The summed E-state index contributed by atoms with van der Waals surface area (Å²) in [7, 11) is 0. The van der Waals surface area contributed by atoms with Crippen molar-refractivity contribution in [3.8, 4) is 0 Å². The van der Waals surface area contributed by atoms with Gasteiger partial charge in [-0.05, 0) is 54.8 Å². The summed E-state index contributed by atoms with van der Waals surface area (Å²) in [5.41, 5.74) is 0.746. The summed E-state index contributed by atoms with van der Waals surface area (Å²) in [5, 5.41) is 0.155. The fraction of sp³-hybridized carbons (Fsp3) is 0.353. The van der Waals surface area contributed by atoms with Crippen LogP contribution in [0, 0.1) is 0 Å². The molecule has 7 heteroatoms. The van der Waals surface area contributed by atoms with Gasteiger partial charge in [-0.15, -0.1) is 0 Å². The van der Waals surface area contributed by atoms with Crippen molar-refractivity contribution in [3.05, 3.63) is 39.8 Å². The van der Waals surface area contributed by atoms with Gasteiger partial charge < -0.3 is 4.90 Å². The molecule has 0 aromatic heterocycles. The van der Waals surface area contributed by atoms with E-state index in [9.17, 15) is 14.4 Å². The van der Waals surface area contributed by atoms with E-state index in [1.165, 1.54) is 0 Å². The zero-order chi connectivity index (χ0) is 17.1. The second kappa shape index (κ2) is 7.40. The normalized spacial score (nSPS) is 20.1. The molecular formula is C17H17ClN2O3S. The molecule has 24 heavy (non-hydrogen) atoms. The number of halogens is 1. The Morgan fingerprint density at radius 1 is 1.21 bits per heavy atom. The summed E-state index contributed by atoms with van der Waals surface area (Å²) in [5.74, 6) is -0.587. The van der Waals surface area contributed by atoms with Crippen molar-refractivity contribution >= 4 is 46.5 Å². The van der Waals surface area contributed by atoms with Crippen molar-refractivity contribution in [3.63, 3.8) is 0 Å². The fourth-order valence-corrected chi connectivity index (χ4v) is 3.80. The average molecular weight is 365 g/mol. The van der Waals surface area contributed by atoms with E-state index < -0.39 is 11.1 Å². The van der Waals surface area contributed by atoms with E-state index in [0.717, 1.165) is 41.5 Å². The standard InChI is InChI=1S/C17H17ClN2O3S/c18-13-6-4-5-12(9-13)10-14-16(22)20(17(23)24-14)11-15(21)19-7-2-1-3-8-19/h4-6,9-10H,1-3,7-8,11H2/b14-10+. The Bertz CT molecular complexity index is 714. The lowest BCUT2D eigenvalue weighted by Crippen LogP contribution is -2.44. The molecule has 0 saturated carbocycles. The summed E-state index contributed by atoms with van der Waals surface area (Å²) >= 11 is 6.79. The first kappa shape index (κ1) is 17.0. The van der Waals surface area contributed by atoms with E-state index in [4.69, 9.17) is 11.6 Å². The van der Waals surface area contributed by atoms with Crippen LogP contribution in [0.3, 0.4) is 0 Å². The Kier molecular flexibility index (Phi) is 5.26. The second-order valence-electron chi connectivity index (χ2n) is 5.76. The average Bonchev–Trinajstić information content (AvgIpc) is 2.83. The van der Waals surface area contributed by atoms with Crippen LogP contribution in [-0.4, -0.2) is 46.5 Å². The molecule has 2 aliphatic rings. The molecule has 2 saturated heterocycles. The van der Waals surface area contributed by atoms with Crippen LogP contribution in [0.5, 0.6) is 0 Å². The number of carbonyl (C=O) groups excluding carboxylic acids is 3. The molecule has 0 unspecified atom stereocenters. The highest BCUT2D eigenvalue weighted by Gasteiger charge is 2.37. The first-order chi connectivity index (χ1) is 11.5. The minimum absolute atomic E-state index is 0.166. The van der Waals surface area contributed by atoms with E-state index in [0.29, 0.717) is 23.0 Å². The van der Waals surface area contributed by atoms with Crippen molar-refractivity contribution in [1.82, 2.24) is 9.80 Å². The van der Waals surface area contributed by atoms with Crippen molar-refractivity contribution in [1.29, 1.82) is 0 Å². The highest BCUT2D eigenvalue weighted by atomic mass is 35.5. The summed E-state index contributed by atoms with van der Waals surface area (Å²) in [6.45, 7) is 1.22. The van der Waals surface area contributed by atoms with Gasteiger partial charge in [-0.2, -0.15) is 0 Å². The Morgan fingerprint density at radius 3 is 2.67 bits per heavy atom. The lowest BCUT2D eigenvalue weighted by atomic mass is 10.1. The van der Waals surface area contributed by atoms with Crippen LogP contribution >= 0.6 is 23.4 Å². The Morgan fingerprint density at radius 2 is 1.96 bits per heavy atom. The molecule has 0 radical (unpaired) electrons.